The van der Waals surface area contributed by atoms with Crippen molar-refractivity contribution >= 4 is 16.9 Å². The van der Waals surface area contributed by atoms with E-state index in [9.17, 15) is 0 Å². The number of hydrogen-bond acceptors (Lipinski definition) is 4. The van der Waals surface area contributed by atoms with Gasteiger partial charge < -0.3 is 9.88 Å². The van der Waals surface area contributed by atoms with Gasteiger partial charge in [-0.25, -0.2) is 9.97 Å². The van der Waals surface area contributed by atoms with Crippen LogP contribution in [0.2, 0.25) is 0 Å². The van der Waals surface area contributed by atoms with Crippen LogP contribution in [0.4, 0.5) is 5.82 Å². The highest BCUT2D eigenvalue weighted by Crippen LogP contribution is 2.35. The smallest absolute Gasteiger partial charge is 0.143 e. The van der Waals surface area contributed by atoms with Crippen LogP contribution in [0.5, 0.6) is 0 Å². The van der Waals surface area contributed by atoms with Crippen molar-refractivity contribution in [2.24, 2.45) is 18.9 Å². The van der Waals surface area contributed by atoms with E-state index in [-0.39, 0.29) is 0 Å². The van der Waals surface area contributed by atoms with Crippen LogP contribution in [-0.4, -0.2) is 37.8 Å². The fourth-order valence-corrected chi connectivity index (χ4v) is 3.81. The molecule has 1 aliphatic heterocycles. The molecule has 0 radical (unpaired) electrons. The Morgan fingerprint density at radius 2 is 1.96 bits per heavy atom. The van der Waals surface area contributed by atoms with E-state index >= 15 is 0 Å². The van der Waals surface area contributed by atoms with Gasteiger partial charge in [0.2, 0.25) is 0 Å². The van der Waals surface area contributed by atoms with Crippen molar-refractivity contribution in [1.82, 2.24) is 24.7 Å². The molecule has 0 aliphatic carbocycles. The summed E-state index contributed by atoms with van der Waals surface area (Å²) in [6.45, 7) is 6.74. The third-order valence-corrected chi connectivity index (χ3v) is 4.63. The molecule has 0 spiro atoms. The van der Waals surface area contributed by atoms with Crippen LogP contribution in [0.15, 0.2) is 24.9 Å². The van der Waals surface area contributed by atoms with E-state index in [2.05, 4.69) is 38.8 Å². The Morgan fingerprint density at radius 3 is 2.65 bits per heavy atom. The first-order valence-electron chi connectivity index (χ1n) is 8.18. The van der Waals surface area contributed by atoms with E-state index in [1.807, 2.05) is 30.3 Å². The fourth-order valence-electron chi connectivity index (χ4n) is 3.81. The number of rotatable bonds is 2. The molecule has 0 unspecified atom stereocenters. The fraction of sp³-hybridized carbons (Fsp3) is 0.471. The molecule has 3 aromatic rings. The van der Waals surface area contributed by atoms with E-state index < -0.39 is 0 Å². The maximum Gasteiger partial charge on any atom is 0.143 e. The summed E-state index contributed by atoms with van der Waals surface area (Å²) in [5.74, 6) is 2.41. The summed E-state index contributed by atoms with van der Waals surface area (Å²) in [6.07, 6.45) is 8.87. The molecule has 1 aliphatic rings. The minimum atomic E-state index is 0.685. The minimum Gasteiger partial charge on any atom is -0.355 e. The summed E-state index contributed by atoms with van der Waals surface area (Å²) in [7, 11) is 1.93. The number of anilines is 1. The van der Waals surface area contributed by atoms with Crippen LogP contribution in [0.3, 0.4) is 0 Å². The van der Waals surface area contributed by atoms with Gasteiger partial charge in [-0.05, 0) is 18.3 Å². The zero-order valence-electron chi connectivity index (χ0n) is 13.8. The van der Waals surface area contributed by atoms with Crippen LogP contribution in [0, 0.1) is 11.8 Å². The molecular weight excluding hydrogens is 288 g/mol. The van der Waals surface area contributed by atoms with E-state index in [0.717, 1.165) is 41.1 Å². The van der Waals surface area contributed by atoms with Gasteiger partial charge >= 0.3 is 0 Å². The molecule has 23 heavy (non-hydrogen) atoms. The second kappa shape index (κ2) is 5.37. The number of aromatic nitrogens is 5. The molecular formula is C17H22N6. The van der Waals surface area contributed by atoms with Crippen molar-refractivity contribution < 1.29 is 0 Å². The topological polar surface area (TPSA) is 62.6 Å². The molecule has 1 N–H and O–H groups in total. The van der Waals surface area contributed by atoms with Gasteiger partial charge in [-0.3, -0.25) is 4.68 Å². The standard InChI is InChI=1S/C17H22N6/c1-11-4-12(2)8-23(7-11)17-15-14(13-5-21-22(3)9-13)6-18-16(15)19-10-20-17/h5-6,9-12H,4,7-8H2,1-3H3,(H,18,19,20)/t11-,12+. The number of aromatic amines is 1. The predicted octanol–water partition coefficient (Wildman–Crippen LogP) is 2.84. The molecule has 6 heteroatoms. The van der Waals surface area contributed by atoms with Crippen LogP contribution in [-0.2, 0) is 7.05 Å². The van der Waals surface area contributed by atoms with Gasteiger partial charge in [0, 0.05) is 43.7 Å². The van der Waals surface area contributed by atoms with Crippen molar-refractivity contribution in [3.8, 4) is 11.1 Å². The number of aryl methyl sites for hydroxylation is 1. The molecule has 0 aromatic carbocycles. The van der Waals surface area contributed by atoms with Gasteiger partial charge in [0.1, 0.15) is 17.8 Å². The Hall–Kier alpha value is -2.37. The lowest BCUT2D eigenvalue weighted by atomic mass is 9.91. The van der Waals surface area contributed by atoms with Gasteiger partial charge in [-0.1, -0.05) is 13.8 Å². The zero-order chi connectivity index (χ0) is 16.0. The first-order valence-corrected chi connectivity index (χ1v) is 8.18. The molecule has 0 bridgehead atoms. The largest absolute Gasteiger partial charge is 0.355 e. The second-order valence-electron chi connectivity index (χ2n) is 6.88. The normalized spacial score (nSPS) is 22.0. The molecule has 4 heterocycles. The minimum absolute atomic E-state index is 0.685. The first-order chi connectivity index (χ1) is 11.1. The van der Waals surface area contributed by atoms with Crippen molar-refractivity contribution in [2.75, 3.05) is 18.0 Å². The van der Waals surface area contributed by atoms with Gasteiger partial charge in [0.05, 0.1) is 11.6 Å². The highest BCUT2D eigenvalue weighted by Gasteiger charge is 2.25. The number of nitrogens with zero attached hydrogens (tertiary/aromatic N) is 5. The molecule has 3 aromatic heterocycles. The molecule has 1 saturated heterocycles. The Kier molecular flexibility index (Phi) is 3.32. The van der Waals surface area contributed by atoms with E-state index in [0.29, 0.717) is 11.8 Å². The van der Waals surface area contributed by atoms with E-state index in [1.165, 1.54) is 6.42 Å². The zero-order valence-corrected chi connectivity index (χ0v) is 13.8. The average Bonchev–Trinajstić information content (AvgIpc) is 3.11. The highest BCUT2D eigenvalue weighted by molar-refractivity contribution is 6.00. The summed E-state index contributed by atoms with van der Waals surface area (Å²) >= 11 is 0. The number of nitrogens with one attached hydrogen (secondary N) is 1. The number of piperidine rings is 1. The molecule has 0 saturated carbocycles. The average molecular weight is 310 g/mol. The predicted molar refractivity (Wildman–Crippen MR) is 91.2 cm³/mol. The van der Waals surface area contributed by atoms with Crippen LogP contribution in [0.25, 0.3) is 22.2 Å². The molecule has 0 amide bonds. The maximum atomic E-state index is 4.63. The van der Waals surface area contributed by atoms with Crippen molar-refractivity contribution in [3.63, 3.8) is 0 Å². The lowest BCUT2D eigenvalue weighted by molar-refractivity contribution is 0.356. The van der Waals surface area contributed by atoms with E-state index in [1.54, 1.807) is 6.33 Å². The number of hydrogen-bond donors (Lipinski definition) is 1. The Bertz CT molecular complexity index is 823. The third kappa shape index (κ3) is 2.48. The van der Waals surface area contributed by atoms with Crippen molar-refractivity contribution in [2.45, 2.75) is 20.3 Å². The Morgan fingerprint density at radius 1 is 1.17 bits per heavy atom. The lowest BCUT2D eigenvalue weighted by Gasteiger charge is -2.36. The third-order valence-electron chi connectivity index (χ3n) is 4.63. The van der Waals surface area contributed by atoms with Crippen LogP contribution in [0.1, 0.15) is 20.3 Å². The summed E-state index contributed by atoms with van der Waals surface area (Å²) in [6, 6.07) is 0. The Labute approximate surface area is 135 Å². The monoisotopic (exact) mass is 310 g/mol. The van der Waals surface area contributed by atoms with Gasteiger partial charge in [0.15, 0.2) is 0 Å². The number of fused-ring (bicyclic) bond motifs is 1. The number of H-pyrrole nitrogens is 1. The van der Waals surface area contributed by atoms with Gasteiger partial charge in [-0.15, -0.1) is 0 Å². The molecule has 120 valence electrons. The van der Waals surface area contributed by atoms with Crippen molar-refractivity contribution in [1.29, 1.82) is 0 Å². The molecule has 6 nitrogen and oxygen atoms in total. The molecule has 2 atom stereocenters. The lowest BCUT2D eigenvalue weighted by Crippen LogP contribution is -2.39. The Balaban J connectivity index is 1.85. The maximum absolute atomic E-state index is 4.63. The molecule has 1 fully saturated rings. The molecule has 4 rings (SSSR count). The van der Waals surface area contributed by atoms with Crippen LogP contribution < -0.4 is 4.90 Å². The summed E-state index contributed by atoms with van der Waals surface area (Å²) in [4.78, 5) is 14.7. The van der Waals surface area contributed by atoms with Crippen LogP contribution >= 0.6 is 0 Å². The highest BCUT2D eigenvalue weighted by atomic mass is 15.2. The van der Waals surface area contributed by atoms with Crippen molar-refractivity contribution in [3.05, 3.63) is 24.9 Å². The SMILES string of the molecule is C[C@@H]1C[C@H](C)CN(c2ncnc3[nH]cc(-c4cnn(C)c4)c23)C1. The second-order valence-corrected chi connectivity index (χ2v) is 6.88. The summed E-state index contributed by atoms with van der Waals surface area (Å²) < 4.78 is 1.82. The van der Waals surface area contributed by atoms with E-state index in [4.69, 9.17) is 0 Å². The first kappa shape index (κ1) is 14.2. The van der Waals surface area contributed by atoms with Gasteiger partial charge in [-0.2, -0.15) is 5.10 Å². The quantitative estimate of drug-likeness (QED) is 0.790. The summed E-state index contributed by atoms with van der Waals surface area (Å²) in [5, 5.41) is 5.39. The summed E-state index contributed by atoms with van der Waals surface area (Å²) in [5.41, 5.74) is 3.10. The van der Waals surface area contributed by atoms with Gasteiger partial charge in [0.25, 0.3) is 0 Å².